The molecule has 5 nitrogen and oxygen atoms in total. The van der Waals surface area contributed by atoms with Crippen LogP contribution in [0.3, 0.4) is 0 Å². The molecule has 0 saturated carbocycles. The Hall–Kier alpha value is -2.89. The minimum Gasteiger partial charge on any atom is -0.507 e. The van der Waals surface area contributed by atoms with Crippen molar-refractivity contribution in [2.75, 3.05) is 7.05 Å². The molecule has 0 heterocycles. The Morgan fingerprint density at radius 1 is 1.15 bits per heavy atom. The van der Waals surface area contributed by atoms with Gasteiger partial charge in [0.05, 0.1) is 0 Å². The van der Waals surface area contributed by atoms with Crippen molar-refractivity contribution in [3.63, 3.8) is 0 Å². The van der Waals surface area contributed by atoms with Gasteiger partial charge < -0.3 is 15.7 Å². The lowest BCUT2D eigenvalue weighted by Crippen LogP contribution is -2.44. The quantitative estimate of drug-likeness (QED) is 0.742. The first-order valence-corrected chi connectivity index (χ1v) is 8.34. The van der Waals surface area contributed by atoms with E-state index in [4.69, 9.17) is 0 Å². The lowest BCUT2D eigenvalue weighted by molar-refractivity contribution is -0.121. The summed E-state index contributed by atoms with van der Waals surface area (Å²) in [4.78, 5) is 24.0. The Bertz CT molecular complexity index is 818. The van der Waals surface area contributed by atoms with Crippen LogP contribution in [0.1, 0.15) is 37.0 Å². The van der Waals surface area contributed by atoms with Crippen LogP contribution in [0.2, 0.25) is 0 Å². The van der Waals surface area contributed by atoms with Gasteiger partial charge >= 0.3 is 0 Å². The number of hydrogen-bond acceptors (Lipinski definition) is 3. The summed E-state index contributed by atoms with van der Waals surface area (Å²) in [7, 11) is 1.57. The lowest BCUT2D eigenvalue weighted by Gasteiger charge is -2.26. The zero-order valence-corrected chi connectivity index (χ0v) is 15.1. The second-order valence-electron chi connectivity index (χ2n) is 6.75. The summed E-state index contributed by atoms with van der Waals surface area (Å²) in [5, 5.41) is 15.4. The number of benzene rings is 2. The number of halogens is 1. The molecule has 2 aromatic rings. The minimum atomic E-state index is -0.558. The van der Waals surface area contributed by atoms with Crippen molar-refractivity contribution in [1.82, 2.24) is 10.6 Å². The largest absolute Gasteiger partial charge is 0.507 e. The van der Waals surface area contributed by atoms with Gasteiger partial charge in [-0.05, 0) is 50.1 Å². The fourth-order valence-corrected chi connectivity index (χ4v) is 2.57. The van der Waals surface area contributed by atoms with Gasteiger partial charge in [0.1, 0.15) is 11.6 Å². The molecule has 6 heteroatoms. The van der Waals surface area contributed by atoms with Crippen molar-refractivity contribution < 1.29 is 19.1 Å². The molecule has 2 aromatic carbocycles. The fourth-order valence-electron chi connectivity index (χ4n) is 2.57. The maximum Gasteiger partial charge on any atom is 0.251 e. The molecular formula is C20H23FN2O3. The number of aromatic hydroxyl groups is 1. The van der Waals surface area contributed by atoms with E-state index in [1.54, 1.807) is 31.3 Å². The maximum atomic E-state index is 13.2. The molecule has 0 aliphatic rings. The molecule has 0 bridgehead atoms. The molecule has 2 amide bonds. The predicted molar refractivity (Wildman–Crippen MR) is 98.3 cm³/mol. The highest BCUT2D eigenvalue weighted by Gasteiger charge is 2.22. The van der Waals surface area contributed by atoms with Gasteiger partial charge in [0.15, 0.2) is 0 Å². The number of hydrogen-bond donors (Lipinski definition) is 3. The van der Waals surface area contributed by atoms with Crippen LogP contribution in [0.5, 0.6) is 5.75 Å². The number of amides is 2. The number of phenolic OH excluding ortho intramolecular Hbond substituents is 1. The molecule has 0 radical (unpaired) electrons. The average Bonchev–Trinajstić information content (AvgIpc) is 2.59. The zero-order valence-electron chi connectivity index (χ0n) is 15.1. The summed E-state index contributed by atoms with van der Waals surface area (Å²) < 4.78 is 13.2. The van der Waals surface area contributed by atoms with Crippen molar-refractivity contribution >= 4 is 11.8 Å². The van der Waals surface area contributed by atoms with E-state index in [-0.39, 0.29) is 17.6 Å². The second-order valence-corrected chi connectivity index (χ2v) is 6.75. The van der Waals surface area contributed by atoms with Gasteiger partial charge in [0, 0.05) is 36.2 Å². The van der Waals surface area contributed by atoms with Crippen LogP contribution >= 0.6 is 0 Å². The molecular weight excluding hydrogens is 335 g/mol. The van der Waals surface area contributed by atoms with Crippen LogP contribution in [-0.2, 0) is 4.79 Å². The minimum absolute atomic E-state index is 0.0823. The summed E-state index contributed by atoms with van der Waals surface area (Å²) in [6, 6.07) is 10.5. The third-order valence-electron chi connectivity index (χ3n) is 4.10. The number of rotatable bonds is 6. The topological polar surface area (TPSA) is 78.4 Å². The molecule has 0 aromatic heterocycles. The van der Waals surface area contributed by atoms with Crippen LogP contribution in [0, 0.1) is 5.82 Å². The maximum absolute atomic E-state index is 13.2. The van der Waals surface area contributed by atoms with E-state index in [1.165, 1.54) is 12.1 Å². The van der Waals surface area contributed by atoms with Gasteiger partial charge in [-0.2, -0.15) is 0 Å². The third kappa shape index (κ3) is 5.05. The molecule has 0 aliphatic carbocycles. The molecule has 3 N–H and O–H groups in total. The summed E-state index contributed by atoms with van der Waals surface area (Å²) in [5.41, 5.74) is 0.912. The summed E-state index contributed by atoms with van der Waals surface area (Å²) in [5.74, 6) is -1.08. The molecule has 0 unspecified atom stereocenters. The van der Waals surface area contributed by atoms with E-state index < -0.39 is 11.4 Å². The fraction of sp³-hybridized carbons (Fsp3) is 0.300. The predicted octanol–water partition coefficient (Wildman–Crippen LogP) is 3.23. The molecule has 0 fully saturated rings. The standard InChI is InChI=1S/C20H23FN2O3/c1-20(2,10-9-18(25)22-3)23-19(26)14-6-4-5-13(11-14)16-8-7-15(21)12-17(16)24/h4-8,11-12,24H,9-10H2,1-3H3,(H,22,25)(H,23,26). The van der Waals surface area contributed by atoms with E-state index in [2.05, 4.69) is 10.6 Å². The number of carbonyl (C=O) groups excluding carboxylic acids is 2. The van der Waals surface area contributed by atoms with Gasteiger partial charge in [-0.3, -0.25) is 9.59 Å². The highest BCUT2D eigenvalue weighted by molar-refractivity contribution is 5.96. The highest BCUT2D eigenvalue weighted by atomic mass is 19.1. The van der Waals surface area contributed by atoms with Crippen LogP contribution in [0.25, 0.3) is 11.1 Å². The zero-order chi connectivity index (χ0) is 19.3. The van der Waals surface area contributed by atoms with Crippen molar-refractivity contribution in [1.29, 1.82) is 0 Å². The molecule has 0 aliphatic heterocycles. The first-order valence-electron chi connectivity index (χ1n) is 8.34. The monoisotopic (exact) mass is 358 g/mol. The normalized spacial score (nSPS) is 11.1. The smallest absolute Gasteiger partial charge is 0.251 e. The van der Waals surface area contributed by atoms with E-state index in [0.29, 0.717) is 29.5 Å². The van der Waals surface area contributed by atoms with Crippen molar-refractivity contribution in [3.8, 4) is 16.9 Å². The first kappa shape index (κ1) is 19.4. The van der Waals surface area contributed by atoms with Crippen molar-refractivity contribution in [2.24, 2.45) is 0 Å². The lowest BCUT2D eigenvalue weighted by atomic mass is 9.96. The van der Waals surface area contributed by atoms with E-state index in [9.17, 15) is 19.1 Å². The Labute approximate surface area is 152 Å². The van der Waals surface area contributed by atoms with E-state index in [1.807, 2.05) is 13.8 Å². The van der Waals surface area contributed by atoms with Gasteiger partial charge in [0.2, 0.25) is 5.91 Å². The third-order valence-corrected chi connectivity index (χ3v) is 4.10. The van der Waals surface area contributed by atoms with Crippen LogP contribution in [-0.4, -0.2) is 29.5 Å². The Morgan fingerprint density at radius 3 is 2.54 bits per heavy atom. The molecule has 0 spiro atoms. The van der Waals surface area contributed by atoms with E-state index in [0.717, 1.165) is 6.07 Å². The van der Waals surface area contributed by atoms with Crippen molar-refractivity contribution in [3.05, 3.63) is 53.8 Å². The number of nitrogens with one attached hydrogen (secondary N) is 2. The molecule has 2 rings (SSSR count). The average molecular weight is 358 g/mol. The van der Waals surface area contributed by atoms with Gasteiger partial charge in [0.25, 0.3) is 5.91 Å². The molecule has 26 heavy (non-hydrogen) atoms. The first-order chi connectivity index (χ1) is 12.2. The van der Waals surface area contributed by atoms with E-state index >= 15 is 0 Å². The van der Waals surface area contributed by atoms with Gasteiger partial charge in [-0.1, -0.05) is 12.1 Å². The summed E-state index contributed by atoms with van der Waals surface area (Å²) in [6.45, 7) is 3.70. The second kappa shape index (κ2) is 7.99. The van der Waals surface area contributed by atoms with Gasteiger partial charge in [-0.15, -0.1) is 0 Å². The van der Waals surface area contributed by atoms with Gasteiger partial charge in [-0.25, -0.2) is 4.39 Å². The number of carbonyl (C=O) groups is 2. The molecule has 138 valence electrons. The summed E-state index contributed by atoms with van der Waals surface area (Å²) in [6.07, 6.45) is 0.810. The Kier molecular flexibility index (Phi) is 5.97. The molecule has 0 atom stereocenters. The molecule has 0 saturated heterocycles. The van der Waals surface area contributed by atoms with Crippen LogP contribution < -0.4 is 10.6 Å². The number of phenols is 1. The van der Waals surface area contributed by atoms with Crippen molar-refractivity contribution in [2.45, 2.75) is 32.2 Å². The SMILES string of the molecule is CNC(=O)CCC(C)(C)NC(=O)c1cccc(-c2ccc(F)cc2O)c1. The van der Waals surface area contributed by atoms with Crippen LogP contribution in [0.4, 0.5) is 4.39 Å². The Balaban J connectivity index is 2.16. The Morgan fingerprint density at radius 2 is 1.88 bits per heavy atom. The van der Waals surface area contributed by atoms with Crippen LogP contribution in [0.15, 0.2) is 42.5 Å². The summed E-state index contributed by atoms with van der Waals surface area (Å²) >= 11 is 0. The highest BCUT2D eigenvalue weighted by Crippen LogP contribution is 2.30.